The second-order valence-corrected chi connectivity index (χ2v) is 7.28. The highest BCUT2D eigenvalue weighted by molar-refractivity contribution is 7.92. The van der Waals surface area contributed by atoms with E-state index in [0.29, 0.717) is 26.1 Å². The van der Waals surface area contributed by atoms with Crippen LogP contribution < -0.4 is 4.74 Å². The maximum atomic E-state index is 12.7. The molecule has 0 aliphatic carbocycles. The number of halogens is 1. The third-order valence-corrected chi connectivity index (χ3v) is 5.85. The molecule has 6 nitrogen and oxygen atoms in total. The molecule has 1 aliphatic heterocycles. The van der Waals surface area contributed by atoms with Crippen molar-refractivity contribution in [2.75, 3.05) is 20.3 Å². The predicted octanol–water partition coefficient (Wildman–Crippen LogP) is 2.00. The van der Waals surface area contributed by atoms with Crippen molar-refractivity contribution >= 4 is 27.4 Å². The van der Waals surface area contributed by atoms with Crippen LogP contribution in [-0.2, 0) is 14.6 Å². The van der Waals surface area contributed by atoms with Gasteiger partial charge in [0.1, 0.15) is 10.5 Å². The lowest BCUT2D eigenvalue weighted by atomic mass is 10.2. The second-order valence-electron chi connectivity index (χ2n) is 4.65. The first-order chi connectivity index (χ1) is 9.87. The van der Waals surface area contributed by atoms with Gasteiger partial charge in [0.2, 0.25) is 0 Å². The number of carbonyl (C=O) groups is 1. The molecule has 1 fully saturated rings. The second kappa shape index (κ2) is 6.21. The van der Waals surface area contributed by atoms with E-state index in [-0.39, 0.29) is 21.2 Å². The number of methoxy groups -OCH3 is 1. The van der Waals surface area contributed by atoms with Gasteiger partial charge in [0.15, 0.2) is 15.6 Å². The van der Waals surface area contributed by atoms with Crippen LogP contribution in [0.3, 0.4) is 0 Å². The minimum atomic E-state index is -3.74. The first-order valence-corrected chi connectivity index (χ1v) is 8.23. The molecule has 2 rings (SSSR count). The zero-order valence-electron chi connectivity index (χ0n) is 11.3. The SMILES string of the molecule is COc1c(C(=O)O)cc(Cl)cc1S(=O)(=O)C1CCOCC1. The summed E-state index contributed by atoms with van der Waals surface area (Å²) in [5.74, 6) is -1.48. The average Bonchev–Trinajstić information content (AvgIpc) is 2.47. The molecule has 1 saturated heterocycles. The fourth-order valence-corrected chi connectivity index (χ4v) is 4.51. The number of sulfone groups is 1. The van der Waals surface area contributed by atoms with E-state index in [2.05, 4.69) is 0 Å². The Hall–Kier alpha value is -1.31. The number of hydrogen-bond acceptors (Lipinski definition) is 5. The Labute approximate surface area is 127 Å². The summed E-state index contributed by atoms with van der Waals surface area (Å²) < 4.78 is 35.6. The molecule has 0 aromatic heterocycles. The topological polar surface area (TPSA) is 89.9 Å². The molecular weight excluding hydrogens is 320 g/mol. The van der Waals surface area contributed by atoms with Gasteiger partial charge in [-0.15, -0.1) is 0 Å². The monoisotopic (exact) mass is 334 g/mol. The summed E-state index contributed by atoms with van der Waals surface area (Å²) >= 11 is 5.86. The lowest BCUT2D eigenvalue weighted by Crippen LogP contribution is -2.29. The quantitative estimate of drug-likeness (QED) is 0.905. The molecule has 1 heterocycles. The minimum Gasteiger partial charge on any atom is -0.494 e. The number of hydrogen-bond donors (Lipinski definition) is 1. The first-order valence-electron chi connectivity index (χ1n) is 6.30. The molecule has 8 heteroatoms. The molecule has 0 radical (unpaired) electrons. The number of aromatic carboxylic acids is 1. The van der Waals surface area contributed by atoms with Gasteiger partial charge in [-0.1, -0.05) is 11.6 Å². The zero-order chi connectivity index (χ0) is 15.6. The molecular formula is C13H15ClO6S. The average molecular weight is 335 g/mol. The van der Waals surface area contributed by atoms with Gasteiger partial charge in [-0.2, -0.15) is 0 Å². The van der Waals surface area contributed by atoms with E-state index < -0.39 is 21.1 Å². The van der Waals surface area contributed by atoms with Crippen LogP contribution in [0, 0.1) is 0 Å². The smallest absolute Gasteiger partial charge is 0.339 e. The van der Waals surface area contributed by atoms with Gasteiger partial charge < -0.3 is 14.6 Å². The van der Waals surface area contributed by atoms with Crippen molar-refractivity contribution in [1.82, 2.24) is 0 Å². The Morgan fingerprint density at radius 3 is 2.52 bits per heavy atom. The molecule has 0 saturated carbocycles. The van der Waals surface area contributed by atoms with Gasteiger partial charge in [-0.3, -0.25) is 0 Å². The fourth-order valence-electron chi connectivity index (χ4n) is 2.32. The van der Waals surface area contributed by atoms with Crippen LogP contribution >= 0.6 is 11.6 Å². The highest BCUT2D eigenvalue weighted by Gasteiger charge is 2.34. The molecule has 0 spiro atoms. The highest BCUT2D eigenvalue weighted by Crippen LogP contribution is 2.35. The molecule has 1 N–H and O–H groups in total. The van der Waals surface area contributed by atoms with E-state index in [0.717, 1.165) is 0 Å². The van der Waals surface area contributed by atoms with E-state index >= 15 is 0 Å². The molecule has 116 valence electrons. The lowest BCUT2D eigenvalue weighted by molar-refractivity contribution is 0.0692. The summed E-state index contributed by atoms with van der Waals surface area (Å²) in [6.07, 6.45) is 0.723. The van der Waals surface area contributed by atoms with E-state index in [1.807, 2.05) is 0 Å². The molecule has 0 amide bonds. The van der Waals surface area contributed by atoms with Crippen molar-refractivity contribution in [3.05, 3.63) is 22.7 Å². The van der Waals surface area contributed by atoms with Gasteiger partial charge >= 0.3 is 5.97 Å². The van der Waals surface area contributed by atoms with Gasteiger partial charge in [0, 0.05) is 18.2 Å². The fraction of sp³-hybridized carbons (Fsp3) is 0.462. The van der Waals surface area contributed by atoms with Crippen LogP contribution in [-0.4, -0.2) is 45.1 Å². The van der Waals surface area contributed by atoms with Crippen LogP contribution in [0.2, 0.25) is 5.02 Å². The molecule has 1 aromatic rings. The van der Waals surface area contributed by atoms with Crippen LogP contribution in [0.5, 0.6) is 5.75 Å². The minimum absolute atomic E-state index is 0.0406. The third kappa shape index (κ3) is 3.14. The third-order valence-electron chi connectivity index (χ3n) is 3.37. The van der Waals surface area contributed by atoms with Gasteiger partial charge in [-0.25, -0.2) is 13.2 Å². The van der Waals surface area contributed by atoms with Crippen molar-refractivity contribution in [2.45, 2.75) is 23.0 Å². The summed E-state index contributed by atoms with van der Waals surface area (Å²) in [6.45, 7) is 0.719. The predicted molar refractivity (Wildman–Crippen MR) is 76.0 cm³/mol. The summed E-state index contributed by atoms with van der Waals surface area (Å²) in [6, 6.07) is 2.41. The summed E-state index contributed by atoms with van der Waals surface area (Å²) in [5, 5.41) is 8.58. The Kier molecular flexibility index (Phi) is 4.75. The first kappa shape index (κ1) is 16.1. The largest absolute Gasteiger partial charge is 0.494 e. The summed E-state index contributed by atoms with van der Waals surface area (Å²) in [4.78, 5) is 11.1. The number of rotatable bonds is 4. The van der Waals surface area contributed by atoms with E-state index in [1.54, 1.807) is 0 Å². The van der Waals surface area contributed by atoms with E-state index in [1.165, 1.54) is 19.2 Å². The van der Waals surface area contributed by atoms with Crippen LogP contribution in [0.15, 0.2) is 17.0 Å². The number of carboxylic acids is 1. The standard InChI is InChI=1S/C13H15ClO6S/c1-19-12-10(13(15)16)6-8(14)7-11(12)21(17,18)9-2-4-20-5-3-9/h6-7,9H,2-5H2,1H3,(H,15,16). The molecule has 0 atom stereocenters. The van der Waals surface area contributed by atoms with Gasteiger partial charge in [-0.05, 0) is 25.0 Å². The van der Waals surface area contributed by atoms with Crippen molar-refractivity contribution in [2.24, 2.45) is 0 Å². The maximum absolute atomic E-state index is 12.7. The molecule has 1 aliphatic rings. The summed E-state index contributed by atoms with van der Waals surface area (Å²) in [7, 11) is -2.50. The van der Waals surface area contributed by atoms with Crippen molar-refractivity contribution < 1.29 is 27.8 Å². The highest BCUT2D eigenvalue weighted by atomic mass is 35.5. The Balaban J connectivity index is 2.59. The Bertz CT molecular complexity index is 649. The number of benzene rings is 1. The normalized spacial score (nSPS) is 16.7. The lowest BCUT2D eigenvalue weighted by Gasteiger charge is -2.23. The molecule has 21 heavy (non-hydrogen) atoms. The number of carboxylic acid groups (broad SMARTS) is 1. The van der Waals surface area contributed by atoms with Crippen LogP contribution in [0.1, 0.15) is 23.2 Å². The Morgan fingerprint density at radius 2 is 2.00 bits per heavy atom. The van der Waals surface area contributed by atoms with Crippen LogP contribution in [0.4, 0.5) is 0 Å². The molecule has 0 bridgehead atoms. The Morgan fingerprint density at radius 1 is 1.38 bits per heavy atom. The molecule has 0 unspecified atom stereocenters. The summed E-state index contributed by atoms with van der Waals surface area (Å²) in [5.41, 5.74) is -0.268. The van der Waals surface area contributed by atoms with E-state index in [9.17, 15) is 13.2 Å². The number of ether oxygens (including phenoxy) is 2. The maximum Gasteiger partial charge on any atom is 0.339 e. The van der Waals surface area contributed by atoms with Gasteiger partial charge in [0.05, 0.1) is 12.4 Å². The van der Waals surface area contributed by atoms with Crippen LogP contribution in [0.25, 0.3) is 0 Å². The zero-order valence-corrected chi connectivity index (χ0v) is 12.9. The molecule has 1 aromatic carbocycles. The van der Waals surface area contributed by atoms with Gasteiger partial charge in [0.25, 0.3) is 0 Å². The van der Waals surface area contributed by atoms with Crippen molar-refractivity contribution in [3.8, 4) is 5.75 Å². The van der Waals surface area contributed by atoms with E-state index in [4.69, 9.17) is 26.2 Å². The van der Waals surface area contributed by atoms with Crippen molar-refractivity contribution in [3.63, 3.8) is 0 Å². The van der Waals surface area contributed by atoms with Crippen molar-refractivity contribution in [1.29, 1.82) is 0 Å².